The molecule has 8 heteroatoms. The summed E-state index contributed by atoms with van der Waals surface area (Å²) in [6, 6.07) is 6.59. The monoisotopic (exact) mass is 359 g/mol. The molecule has 0 aliphatic carbocycles. The van der Waals surface area contributed by atoms with Crippen LogP contribution in [-0.4, -0.2) is 33.0 Å². The van der Waals surface area contributed by atoms with E-state index < -0.39 is 10.0 Å². The van der Waals surface area contributed by atoms with E-state index >= 15 is 0 Å². The van der Waals surface area contributed by atoms with Crippen LogP contribution in [0.1, 0.15) is 19.2 Å². The van der Waals surface area contributed by atoms with Gasteiger partial charge in [-0.15, -0.1) is 12.4 Å². The summed E-state index contributed by atoms with van der Waals surface area (Å²) < 4.78 is 32.0. The first-order valence-corrected chi connectivity index (χ1v) is 8.74. The van der Waals surface area contributed by atoms with Crippen LogP contribution in [0.2, 0.25) is 0 Å². The summed E-state index contributed by atoms with van der Waals surface area (Å²) in [7, 11) is -3.48. The zero-order valence-corrected chi connectivity index (χ0v) is 14.8. The molecule has 6 nitrogen and oxygen atoms in total. The Hall–Kier alpha value is -1.41. The molecule has 0 fully saturated rings. The third kappa shape index (κ3) is 5.62. The van der Waals surface area contributed by atoms with Gasteiger partial charge >= 0.3 is 0 Å². The van der Waals surface area contributed by atoms with E-state index in [-0.39, 0.29) is 17.3 Å². The van der Waals surface area contributed by atoms with Crippen molar-refractivity contribution in [1.82, 2.24) is 15.0 Å². The van der Waals surface area contributed by atoms with Crippen LogP contribution in [0, 0.1) is 6.92 Å². The molecule has 0 unspecified atom stereocenters. The Morgan fingerprint density at radius 2 is 1.83 bits per heavy atom. The average Bonchev–Trinajstić information content (AvgIpc) is 2.94. The van der Waals surface area contributed by atoms with Crippen LogP contribution in [0.15, 0.2) is 39.8 Å². The van der Waals surface area contributed by atoms with E-state index in [1.165, 1.54) is 0 Å². The van der Waals surface area contributed by atoms with Crippen molar-refractivity contribution in [3.63, 3.8) is 0 Å². The van der Waals surface area contributed by atoms with Crippen LogP contribution in [0.3, 0.4) is 0 Å². The first-order chi connectivity index (χ1) is 10.5. The number of aryl methyl sites for hydroxylation is 1. The van der Waals surface area contributed by atoms with Gasteiger partial charge in [0.15, 0.2) is 5.89 Å². The Morgan fingerprint density at radius 3 is 2.39 bits per heavy atom. The van der Waals surface area contributed by atoms with Crippen molar-refractivity contribution in [2.75, 3.05) is 19.6 Å². The van der Waals surface area contributed by atoms with E-state index in [0.717, 1.165) is 18.5 Å². The molecule has 0 saturated carbocycles. The van der Waals surface area contributed by atoms with Crippen molar-refractivity contribution in [2.24, 2.45) is 0 Å². The maximum absolute atomic E-state index is 12.1. The van der Waals surface area contributed by atoms with Crippen LogP contribution < -0.4 is 10.0 Å². The largest absolute Gasteiger partial charge is 0.449 e. The number of rotatable bonds is 8. The second-order valence-corrected chi connectivity index (χ2v) is 6.69. The molecule has 2 rings (SSSR count). The Morgan fingerprint density at radius 1 is 1.13 bits per heavy atom. The van der Waals surface area contributed by atoms with E-state index in [0.29, 0.717) is 24.7 Å². The van der Waals surface area contributed by atoms with Gasteiger partial charge in [0, 0.05) is 25.6 Å². The van der Waals surface area contributed by atoms with Gasteiger partial charge in [-0.3, -0.25) is 0 Å². The quantitative estimate of drug-likeness (QED) is 0.707. The summed E-state index contributed by atoms with van der Waals surface area (Å²) in [5, 5.41) is 3.15. The number of oxazole rings is 1. The predicted molar refractivity (Wildman–Crippen MR) is 92.3 cm³/mol. The minimum Gasteiger partial charge on any atom is -0.449 e. The Labute approximate surface area is 143 Å². The first kappa shape index (κ1) is 19.6. The van der Waals surface area contributed by atoms with Gasteiger partial charge in [-0.2, -0.15) is 0 Å². The van der Waals surface area contributed by atoms with Gasteiger partial charge in [-0.25, -0.2) is 18.1 Å². The van der Waals surface area contributed by atoms with Gasteiger partial charge in [0.05, 0.1) is 4.90 Å². The van der Waals surface area contributed by atoms with Crippen molar-refractivity contribution in [3.05, 3.63) is 36.4 Å². The Bertz CT molecular complexity index is 699. The number of halogens is 1. The lowest BCUT2D eigenvalue weighted by Crippen LogP contribution is -2.32. The van der Waals surface area contributed by atoms with Crippen molar-refractivity contribution < 1.29 is 12.8 Å². The fourth-order valence-corrected chi connectivity index (χ4v) is 2.99. The van der Waals surface area contributed by atoms with Gasteiger partial charge < -0.3 is 9.73 Å². The third-order valence-electron chi connectivity index (χ3n) is 3.10. The molecule has 0 atom stereocenters. The molecule has 0 amide bonds. The minimum atomic E-state index is -3.48. The standard InChI is InChI=1S/C15H21N3O3S.ClH/c1-3-8-16-9-10-17-22(19,20)14-6-4-13(5-7-14)15-11-21-12(2)18-15;/h4-7,11,16-17H,3,8-10H2,1-2H3;1H. The molecule has 0 bridgehead atoms. The topological polar surface area (TPSA) is 84.2 Å². The molecule has 23 heavy (non-hydrogen) atoms. The second kappa shape index (κ2) is 9.02. The van der Waals surface area contributed by atoms with Crippen LogP contribution in [-0.2, 0) is 10.0 Å². The second-order valence-electron chi connectivity index (χ2n) is 4.92. The van der Waals surface area contributed by atoms with Crippen LogP contribution in [0.5, 0.6) is 0 Å². The van der Waals surface area contributed by atoms with Crippen LogP contribution >= 0.6 is 12.4 Å². The molecule has 2 N–H and O–H groups in total. The highest BCUT2D eigenvalue weighted by Gasteiger charge is 2.13. The zero-order valence-electron chi connectivity index (χ0n) is 13.2. The molecule has 1 aromatic carbocycles. The molecule has 0 radical (unpaired) electrons. The number of hydrogen-bond acceptors (Lipinski definition) is 5. The maximum Gasteiger partial charge on any atom is 0.240 e. The average molecular weight is 360 g/mol. The summed E-state index contributed by atoms with van der Waals surface area (Å²) >= 11 is 0. The number of benzene rings is 1. The zero-order chi connectivity index (χ0) is 16.0. The summed E-state index contributed by atoms with van der Waals surface area (Å²) in [4.78, 5) is 4.45. The molecule has 2 aromatic rings. The van der Waals surface area contributed by atoms with Gasteiger partial charge in [0.1, 0.15) is 12.0 Å². The van der Waals surface area contributed by atoms with E-state index in [9.17, 15) is 8.42 Å². The van der Waals surface area contributed by atoms with Gasteiger partial charge in [-0.1, -0.05) is 19.1 Å². The molecule has 0 aliphatic heterocycles. The van der Waals surface area contributed by atoms with E-state index in [1.807, 2.05) is 0 Å². The number of nitrogens with one attached hydrogen (secondary N) is 2. The summed E-state index contributed by atoms with van der Waals surface area (Å²) in [6.07, 6.45) is 2.58. The normalized spacial score (nSPS) is 11.2. The lowest BCUT2D eigenvalue weighted by Gasteiger charge is -2.08. The SMILES string of the molecule is CCCNCCNS(=O)(=O)c1ccc(-c2coc(C)n2)cc1.Cl. The van der Waals surface area contributed by atoms with Crippen LogP contribution in [0.4, 0.5) is 0 Å². The molecular formula is C15H22ClN3O3S. The fraction of sp³-hybridized carbons (Fsp3) is 0.400. The molecule has 1 aromatic heterocycles. The molecule has 0 saturated heterocycles. The lowest BCUT2D eigenvalue weighted by molar-refractivity contribution is 0.521. The highest BCUT2D eigenvalue weighted by atomic mass is 35.5. The number of nitrogens with zero attached hydrogens (tertiary/aromatic N) is 1. The fourth-order valence-electron chi connectivity index (χ4n) is 1.96. The smallest absolute Gasteiger partial charge is 0.240 e. The van der Waals surface area contributed by atoms with Crippen LogP contribution in [0.25, 0.3) is 11.3 Å². The molecule has 0 aliphatic rings. The van der Waals surface area contributed by atoms with Gasteiger partial charge in [0.25, 0.3) is 0 Å². The molecular weight excluding hydrogens is 338 g/mol. The van der Waals surface area contributed by atoms with Crippen molar-refractivity contribution in [3.8, 4) is 11.3 Å². The number of sulfonamides is 1. The van der Waals surface area contributed by atoms with Crippen molar-refractivity contribution >= 4 is 22.4 Å². The Kier molecular flexibility index (Phi) is 7.70. The molecule has 128 valence electrons. The molecule has 1 heterocycles. The van der Waals surface area contributed by atoms with Crippen molar-refractivity contribution in [1.29, 1.82) is 0 Å². The van der Waals surface area contributed by atoms with E-state index in [1.54, 1.807) is 37.5 Å². The highest BCUT2D eigenvalue weighted by Crippen LogP contribution is 2.20. The highest BCUT2D eigenvalue weighted by molar-refractivity contribution is 7.89. The maximum atomic E-state index is 12.1. The Balaban J connectivity index is 0.00000264. The first-order valence-electron chi connectivity index (χ1n) is 7.26. The minimum absolute atomic E-state index is 0. The lowest BCUT2D eigenvalue weighted by atomic mass is 10.2. The van der Waals surface area contributed by atoms with Crippen molar-refractivity contribution in [2.45, 2.75) is 25.2 Å². The van der Waals surface area contributed by atoms with E-state index in [4.69, 9.17) is 4.42 Å². The molecule has 0 spiro atoms. The number of aromatic nitrogens is 1. The summed E-state index contributed by atoms with van der Waals surface area (Å²) in [5.41, 5.74) is 1.51. The predicted octanol–water partition coefficient (Wildman–Crippen LogP) is 2.35. The third-order valence-corrected chi connectivity index (χ3v) is 4.58. The number of hydrogen-bond donors (Lipinski definition) is 2. The summed E-state index contributed by atoms with van der Waals surface area (Å²) in [5.74, 6) is 0.577. The van der Waals surface area contributed by atoms with Gasteiger partial charge in [0.2, 0.25) is 10.0 Å². The summed E-state index contributed by atoms with van der Waals surface area (Å²) in [6.45, 7) is 5.69. The van der Waals surface area contributed by atoms with E-state index in [2.05, 4.69) is 21.9 Å². The van der Waals surface area contributed by atoms with Gasteiger partial charge in [-0.05, 0) is 25.1 Å².